The van der Waals surface area contributed by atoms with E-state index in [-0.39, 0.29) is 0 Å². The van der Waals surface area contributed by atoms with E-state index in [0.717, 1.165) is 50.7 Å². The molecule has 1 aromatic rings. The lowest BCUT2D eigenvalue weighted by Crippen LogP contribution is -2.38. The average Bonchev–Trinajstić information content (AvgIpc) is 2.48. The van der Waals surface area contributed by atoms with Crippen LogP contribution in [-0.2, 0) is 4.74 Å². The van der Waals surface area contributed by atoms with Crippen LogP contribution in [0.2, 0.25) is 0 Å². The van der Waals surface area contributed by atoms with E-state index in [1.54, 1.807) is 0 Å². The molecule has 6 heteroatoms. The summed E-state index contributed by atoms with van der Waals surface area (Å²) in [4.78, 5) is 13.4. The summed E-state index contributed by atoms with van der Waals surface area (Å²) >= 11 is 0. The Kier molecular flexibility index (Phi) is 5.76. The van der Waals surface area contributed by atoms with Gasteiger partial charge in [-0.1, -0.05) is 0 Å². The predicted molar refractivity (Wildman–Crippen MR) is 86.1 cm³/mol. The van der Waals surface area contributed by atoms with Gasteiger partial charge in [-0.15, -0.1) is 0 Å². The molecule has 2 heterocycles. The molecule has 0 saturated carbocycles. The zero-order valence-electron chi connectivity index (χ0n) is 13.6. The summed E-state index contributed by atoms with van der Waals surface area (Å²) in [6.07, 6.45) is 2.95. The van der Waals surface area contributed by atoms with Crippen LogP contribution in [0, 0.1) is 6.92 Å². The molecule has 0 aromatic carbocycles. The molecule has 6 nitrogen and oxygen atoms in total. The third-order valence-electron chi connectivity index (χ3n) is 3.73. The number of nitrogens with one attached hydrogen (secondary N) is 1. The van der Waals surface area contributed by atoms with E-state index < -0.39 is 0 Å². The summed E-state index contributed by atoms with van der Waals surface area (Å²) in [7, 11) is 4.00. The third kappa shape index (κ3) is 4.82. The van der Waals surface area contributed by atoms with Gasteiger partial charge in [0.05, 0.1) is 13.2 Å². The molecule has 1 saturated heterocycles. The van der Waals surface area contributed by atoms with Crippen molar-refractivity contribution in [1.82, 2.24) is 14.9 Å². The number of aromatic nitrogens is 2. The van der Waals surface area contributed by atoms with Gasteiger partial charge in [-0.05, 0) is 20.3 Å². The molecule has 0 bridgehead atoms. The summed E-state index contributed by atoms with van der Waals surface area (Å²) in [5.74, 6) is 1.67. The van der Waals surface area contributed by atoms with E-state index in [9.17, 15) is 0 Å². The number of morpholine rings is 1. The maximum Gasteiger partial charge on any atom is 0.224 e. The Hall–Kier alpha value is -1.40. The van der Waals surface area contributed by atoms with Crippen LogP contribution < -0.4 is 10.2 Å². The van der Waals surface area contributed by atoms with Crippen molar-refractivity contribution in [3.8, 4) is 0 Å². The molecule has 0 radical (unpaired) electrons. The second kappa shape index (κ2) is 7.56. The minimum absolute atomic E-state index is 0.352. The number of hydrogen-bond donors (Lipinski definition) is 1. The Labute approximate surface area is 127 Å². The first-order valence-electron chi connectivity index (χ1n) is 7.64. The van der Waals surface area contributed by atoms with Crippen LogP contribution in [-0.4, -0.2) is 67.9 Å². The molecule has 0 aliphatic carbocycles. The topological polar surface area (TPSA) is 53.5 Å². The summed E-state index contributed by atoms with van der Waals surface area (Å²) in [6.45, 7) is 9.09. The van der Waals surface area contributed by atoms with Crippen molar-refractivity contribution in [2.24, 2.45) is 0 Å². The molecule has 1 aromatic heterocycles. The molecule has 0 spiro atoms. The van der Waals surface area contributed by atoms with Crippen molar-refractivity contribution >= 4 is 11.8 Å². The fourth-order valence-electron chi connectivity index (χ4n) is 2.45. The second-order valence-corrected chi connectivity index (χ2v) is 5.88. The molecule has 0 unspecified atom stereocenters. The molecular weight excluding hydrogens is 266 g/mol. The Morgan fingerprint density at radius 3 is 2.76 bits per heavy atom. The molecule has 1 aliphatic rings. The second-order valence-electron chi connectivity index (χ2n) is 5.88. The Morgan fingerprint density at radius 2 is 2.10 bits per heavy atom. The van der Waals surface area contributed by atoms with Gasteiger partial charge in [0.25, 0.3) is 0 Å². The van der Waals surface area contributed by atoms with Gasteiger partial charge in [-0.2, -0.15) is 4.98 Å². The van der Waals surface area contributed by atoms with E-state index in [1.165, 1.54) is 0 Å². The quantitative estimate of drug-likeness (QED) is 0.855. The van der Waals surface area contributed by atoms with Gasteiger partial charge < -0.3 is 15.0 Å². The number of rotatable bonds is 6. The zero-order valence-corrected chi connectivity index (χ0v) is 13.6. The van der Waals surface area contributed by atoms with Crippen molar-refractivity contribution in [3.05, 3.63) is 11.8 Å². The van der Waals surface area contributed by atoms with Gasteiger partial charge in [-0.25, -0.2) is 4.98 Å². The number of hydrogen-bond acceptors (Lipinski definition) is 6. The van der Waals surface area contributed by atoms with Crippen LogP contribution in [0.15, 0.2) is 6.20 Å². The molecule has 1 fully saturated rings. The largest absolute Gasteiger partial charge is 0.379 e. The first kappa shape index (κ1) is 16.0. The molecule has 21 heavy (non-hydrogen) atoms. The lowest BCUT2D eigenvalue weighted by atomic mass is 10.2. The average molecular weight is 293 g/mol. The van der Waals surface area contributed by atoms with Gasteiger partial charge in [0, 0.05) is 51.5 Å². The fourth-order valence-corrected chi connectivity index (χ4v) is 2.45. The van der Waals surface area contributed by atoms with Crippen LogP contribution in [0.1, 0.15) is 18.9 Å². The summed E-state index contributed by atoms with van der Waals surface area (Å²) in [6, 6.07) is 0.352. The van der Waals surface area contributed by atoms with Crippen molar-refractivity contribution in [1.29, 1.82) is 0 Å². The Morgan fingerprint density at radius 1 is 1.38 bits per heavy atom. The predicted octanol–water partition coefficient (Wildman–Crippen LogP) is 1.37. The minimum atomic E-state index is 0.352. The summed E-state index contributed by atoms with van der Waals surface area (Å²) in [5.41, 5.74) is 1.09. The fraction of sp³-hybridized carbons (Fsp3) is 0.733. The first-order valence-corrected chi connectivity index (χ1v) is 7.64. The van der Waals surface area contributed by atoms with Crippen LogP contribution >= 0.6 is 0 Å². The number of aryl methyl sites for hydroxylation is 1. The minimum Gasteiger partial charge on any atom is -0.379 e. The summed E-state index contributed by atoms with van der Waals surface area (Å²) in [5, 5.41) is 3.40. The van der Waals surface area contributed by atoms with E-state index >= 15 is 0 Å². The van der Waals surface area contributed by atoms with Crippen molar-refractivity contribution in [3.63, 3.8) is 0 Å². The Balaban J connectivity index is 1.84. The first-order chi connectivity index (χ1) is 10.1. The van der Waals surface area contributed by atoms with Gasteiger partial charge in [0.1, 0.15) is 5.82 Å². The van der Waals surface area contributed by atoms with Gasteiger partial charge in [0.15, 0.2) is 0 Å². The third-order valence-corrected chi connectivity index (χ3v) is 3.73. The smallest absolute Gasteiger partial charge is 0.224 e. The monoisotopic (exact) mass is 293 g/mol. The zero-order chi connectivity index (χ0) is 15.2. The SMILES string of the molecule is Cc1cnc(N[C@@H](C)CCN2CCOCC2)nc1N(C)C. The van der Waals surface area contributed by atoms with E-state index in [0.29, 0.717) is 12.0 Å². The Bertz CT molecular complexity index is 446. The molecule has 2 rings (SSSR count). The van der Waals surface area contributed by atoms with Gasteiger partial charge in [-0.3, -0.25) is 4.90 Å². The summed E-state index contributed by atoms with van der Waals surface area (Å²) < 4.78 is 5.37. The van der Waals surface area contributed by atoms with Crippen LogP contribution in [0.3, 0.4) is 0 Å². The highest BCUT2D eigenvalue weighted by atomic mass is 16.5. The molecule has 1 N–H and O–H groups in total. The molecule has 1 aliphatic heterocycles. The molecule has 118 valence electrons. The van der Waals surface area contributed by atoms with Gasteiger partial charge in [0.2, 0.25) is 5.95 Å². The highest BCUT2D eigenvalue weighted by Gasteiger charge is 2.13. The van der Waals surface area contributed by atoms with Crippen LogP contribution in [0.4, 0.5) is 11.8 Å². The van der Waals surface area contributed by atoms with Crippen molar-refractivity contribution in [2.45, 2.75) is 26.3 Å². The molecule has 0 amide bonds. The van der Waals surface area contributed by atoms with E-state index in [2.05, 4.69) is 27.1 Å². The van der Waals surface area contributed by atoms with Crippen molar-refractivity contribution < 1.29 is 4.74 Å². The van der Waals surface area contributed by atoms with Gasteiger partial charge >= 0.3 is 0 Å². The number of ether oxygens (including phenoxy) is 1. The van der Waals surface area contributed by atoms with Crippen molar-refractivity contribution in [2.75, 3.05) is 57.2 Å². The lowest BCUT2D eigenvalue weighted by molar-refractivity contribution is 0.0370. The standard InChI is InChI=1S/C15H27N5O/c1-12-11-16-15(18-14(12)19(3)4)17-13(2)5-6-20-7-9-21-10-8-20/h11,13H,5-10H2,1-4H3,(H,16,17,18)/t13-/m0/s1. The maximum absolute atomic E-state index is 5.37. The van der Waals surface area contributed by atoms with Crippen LogP contribution in [0.5, 0.6) is 0 Å². The molecule has 1 atom stereocenters. The highest BCUT2D eigenvalue weighted by molar-refractivity contribution is 5.47. The van der Waals surface area contributed by atoms with E-state index in [1.807, 2.05) is 32.1 Å². The number of nitrogens with zero attached hydrogens (tertiary/aromatic N) is 4. The lowest BCUT2D eigenvalue weighted by Gasteiger charge is -2.27. The highest BCUT2D eigenvalue weighted by Crippen LogP contribution is 2.16. The normalized spacial score (nSPS) is 17.5. The van der Waals surface area contributed by atoms with E-state index in [4.69, 9.17) is 4.74 Å². The molecular formula is C15H27N5O. The number of anilines is 2. The van der Waals surface area contributed by atoms with Crippen LogP contribution in [0.25, 0.3) is 0 Å². The maximum atomic E-state index is 5.37.